The van der Waals surface area contributed by atoms with Crippen LogP contribution in [0, 0.1) is 18.7 Å². The van der Waals surface area contributed by atoms with Gasteiger partial charge in [0.25, 0.3) is 5.91 Å². The maximum atomic E-state index is 13.7. The summed E-state index contributed by atoms with van der Waals surface area (Å²) in [7, 11) is 2.09. The second-order valence-electron chi connectivity index (χ2n) is 8.40. The summed E-state index contributed by atoms with van der Waals surface area (Å²) in [5, 5.41) is 7.93. The molecule has 1 aromatic carbocycles. The molecule has 2 aromatic rings. The van der Waals surface area contributed by atoms with Gasteiger partial charge in [-0.05, 0) is 56.5 Å². The van der Waals surface area contributed by atoms with Crippen LogP contribution in [0.4, 0.5) is 4.39 Å². The van der Waals surface area contributed by atoms with Crippen molar-refractivity contribution in [3.8, 4) is 0 Å². The van der Waals surface area contributed by atoms with E-state index in [2.05, 4.69) is 22.4 Å². The molecule has 0 unspecified atom stereocenters. The van der Waals surface area contributed by atoms with Gasteiger partial charge in [-0.3, -0.25) is 9.48 Å². The van der Waals surface area contributed by atoms with E-state index in [-0.39, 0.29) is 11.7 Å². The van der Waals surface area contributed by atoms with Crippen LogP contribution in [0.25, 0.3) is 0 Å². The molecule has 0 saturated carbocycles. The van der Waals surface area contributed by atoms with Gasteiger partial charge in [0.15, 0.2) is 0 Å². The van der Waals surface area contributed by atoms with Gasteiger partial charge in [-0.2, -0.15) is 5.10 Å². The third-order valence-corrected chi connectivity index (χ3v) is 6.20. The number of rotatable bonds is 5. The Kier molecular flexibility index (Phi) is 5.96. The Morgan fingerprint density at radius 2 is 2.03 bits per heavy atom. The minimum absolute atomic E-state index is 0.114. The van der Waals surface area contributed by atoms with E-state index in [1.807, 2.05) is 21.7 Å². The summed E-state index contributed by atoms with van der Waals surface area (Å²) in [5.74, 6) is 0.412. The minimum Gasteiger partial charge on any atom is -0.336 e. The van der Waals surface area contributed by atoms with Crippen molar-refractivity contribution >= 4 is 5.91 Å². The Morgan fingerprint density at radius 3 is 2.79 bits per heavy atom. The number of aromatic nitrogens is 2. The predicted octanol–water partition coefficient (Wildman–Crippen LogP) is 2.07. The number of nitrogens with zero attached hydrogens (tertiary/aromatic N) is 4. The Balaban J connectivity index is 1.35. The Hall–Kier alpha value is -2.25. The molecule has 1 saturated heterocycles. The van der Waals surface area contributed by atoms with E-state index in [4.69, 9.17) is 0 Å². The number of fused-ring (bicyclic) bond motifs is 1. The van der Waals surface area contributed by atoms with Crippen LogP contribution in [0.15, 0.2) is 24.4 Å². The molecule has 1 aromatic heterocycles. The lowest BCUT2D eigenvalue weighted by molar-refractivity contribution is 0.0662. The van der Waals surface area contributed by atoms with Gasteiger partial charge in [-0.25, -0.2) is 4.39 Å². The molecule has 1 fully saturated rings. The number of carbonyl (C=O) groups is 1. The second-order valence-corrected chi connectivity index (χ2v) is 8.40. The second kappa shape index (κ2) is 8.63. The van der Waals surface area contributed by atoms with Gasteiger partial charge in [0.05, 0.1) is 17.5 Å². The number of benzene rings is 1. The summed E-state index contributed by atoms with van der Waals surface area (Å²) in [5.41, 5.74) is 3.46. The fourth-order valence-corrected chi connectivity index (χ4v) is 4.20. The SMILES string of the molecule is Cc1ccc(CNC[C@@H]2CCn3ncc(C(=O)N4CCN(C)CC4)c3C2)cc1F. The fraction of sp³-hybridized carbons (Fsp3) is 0.545. The first kappa shape index (κ1) is 20.0. The van der Waals surface area contributed by atoms with Gasteiger partial charge in [-0.15, -0.1) is 0 Å². The van der Waals surface area contributed by atoms with Crippen LogP contribution >= 0.6 is 0 Å². The summed E-state index contributed by atoms with van der Waals surface area (Å²) in [6.07, 6.45) is 3.64. The molecule has 29 heavy (non-hydrogen) atoms. The van der Waals surface area contributed by atoms with Gasteiger partial charge in [0.1, 0.15) is 5.82 Å². The summed E-state index contributed by atoms with van der Waals surface area (Å²) in [6, 6.07) is 5.39. The Labute approximate surface area is 171 Å². The van der Waals surface area contributed by atoms with E-state index in [1.54, 1.807) is 19.2 Å². The molecule has 156 valence electrons. The van der Waals surface area contributed by atoms with Crippen LogP contribution in [-0.4, -0.2) is 65.3 Å². The lowest BCUT2D eigenvalue weighted by Gasteiger charge is -2.32. The number of aryl methyl sites for hydroxylation is 2. The molecule has 1 amide bonds. The molecular formula is C22H30FN5O. The van der Waals surface area contributed by atoms with Crippen molar-refractivity contribution < 1.29 is 9.18 Å². The number of nitrogens with one attached hydrogen (secondary N) is 1. The maximum absolute atomic E-state index is 13.7. The summed E-state index contributed by atoms with van der Waals surface area (Å²) < 4.78 is 15.7. The molecule has 3 heterocycles. The molecule has 7 heteroatoms. The first-order valence-electron chi connectivity index (χ1n) is 10.5. The molecular weight excluding hydrogens is 369 g/mol. The normalized spacial score (nSPS) is 20.0. The molecule has 0 bridgehead atoms. The fourth-order valence-electron chi connectivity index (χ4n) is 4.20. The van der Waals surface area contributed by atoms with Gasteiger partial charge in [-0.1, -0.05) is 12.1 Å². The largest absolute Gasteiger partial charge is 0.336 e. The van der Waals surface area contributed by atoms with Crippen molar-refractivity contribution in [2.45, 2.75) is 32.9 Å². The van der Waals surface area contributed by atoms with Gasteiger partial charge in [0.2, 0.25) is 0 Å². The highest BCUT2D eigenvalue weighted by atomic mass is 19.1. The van der Waals surface area contributed by atoms with E-state index >= 15 is 0 Å². The highest BCUT2D eigenvalue weighted by molar-refractivity contribution is 5.95. The molecule has 0 radical (unpaired) electrons. The zero-order valence-electron chi connectivity index (χ0n) is 17.3. The number of likely N-dealkylation sites (N-methyl/N-ethyl adjacent to an activating group) is 1. The van der Waals surface area contributed by atoms with Gasteiger partial charge < -0.3 is 15.1 Å². The molecule has 6 nitrogen and oxygen atoms in total. The molecule has 1 atom stereocenters. The minimum atomic E-state index is -0.155. The van der Waals surface area contributed by atoms with E-state index in [0.29, 0.717) is 18.0 Å². The quantitative estimate of drug-likeness (QED) is 0.836. The number of piperazine rings is 1. The maximum Gasteiger partial charge on any atom is 0.257 e. The van der Waals surface area contributed by atoms with E-state index in [9.17, 15) is 9.18 Å². The van der Waals surface area contributed by atoms with Crippen molar-refractivity contribution in [2.24, 2.45) is 5.92 Å². The molecule has 2 aliphatic heterocycles. The van der Waals surface area contributed by atoms with Gasteiger partial charge >= 0.3 is 0 Å². The summed E-state index contributed by atoms with van der Waals surface area (Å²) >= 11 is 0. The average Bonchev–Trinajstić information content (AvgIpc) is 3.14. The van der Waals surface area contributed by atoms with Crippen LogP contribution < -0.4 is 5.32 Å². The Bertz CT molecular complexity index is 872. The van der Waals surface area contributed by atoms with Gasteiger partial charge in [0, 0.05) is 39.3 Å². The number of hydrogen-bond donors (Lipinski definition) is 1. The highest BCUT2D eigenvalue weighted by Crippen LogP contribution is 2.24. The lowest BCUT2D eigenvalue weighted by Crippen LogP contribution is -2.47. The van der Waals surface area contributed by atoms with Crippen LogP contribution in [0.5, 0.6) is 0 Å². The Morgan fingerprint density at radius 1 is 1.24 bits per heavy atom. The zero-order valence-corrected chi connectivity index (χ0v) is 17.3. The standard InChI is InChI=1S/C22H30FN5O/c1-16-3-4-17(11-20(16)23)13-24-14-18-5-6-28-21(12-18)19(15-25-28)22(29)27-9-7-26(2)8-10-27/h3-4,11,15,18,24H,5-10,12-14H2,1-2H3/t18-/m1/s1. The molecule has 0 spiro atoms. The van der Waals surface area contributed by atoms with E-state index in [0.717, 1.165) is 68.9 Å². The van der Waals surface area contributed by atoms with Crippen molar-refractivity contribution in [2.75, 3.05) is 39.8 Å². The molecule has 0 aliphatic carbocycles. The van der Waals surface area contributed by atoms with Crippen LogP contribution in [0.2, 0.25) is 0 Å². The van der Waals surface area contributed by atoms with Crippen molar-refractivity contribution in [1.29, 1.82) is 0 Å². The van der Waals surface area contributed by atoms with Crippen LogP contribution in [0.1, 0.15) is 33.6 Å². The molecule has 1 N–H and O–H groups in total. The highest BCUT2D eigenvalue weighted by Gasteiger charge is 2.28. The third-order valence-electron chi connectivity index (χ3n) is 6.20. The van der Waals surface area contributed by atoms with E-state index < -0.39 is 0 Å². The first-order chi connectivity index (χ1) is 14.0. The molecule has 4 rings (SSSR count). The number of amides is 1. The average molecular weight is 400 g/mol. The lowest BCUT2D eigenvalue weighted by atomic mass is 9.94. The first-order valence-corrected chi connectivity index (χ1v) is 10.5. The van der Waals surface area contributed by atoms with Crippen molar-refractivity contribution in [1.82, 2.24) is 24.9 Å². The number of halogens is 1. The zero-order chi connectivity index (χ0) is 20.4. The smallest absolute Gasteiger partial charge is 0.257 e. The number of hydrogen-bond acceptors (Lipinski definition) is 4. The molecule has 2 aliphatic rings. The summed E-state index contributed by atoms with van der Waals surface area (Å²) in [6.45, 7) is 7.51. The number of carbonyl (C=O) groups excluding carboxylic acids is 1. The topological polar surface area (TPSA) is 53.4 Å². The van der Waals surface area contributed by atoms with E-state index in [1.165, 1.54) is 0 Å². The van der Waals surface area contributed by atoms with Crippen molar-refractivity contribution in [3.05, 3.63) is 52.6 Å². The monoisotopic (exact) mass is 399 g/mol. The van der Waals surface area contributed by atoms with Crippen molar-refractivity contribution in [3.63, 3.8) is 0 Å². The summed E-state index contributed by atoms with van der Waals surface area (Å²) in [4.78, 5) is 17.2. The predicted molar refractivity (Wildman–Crippen MR) is 110 cm³/mol. The van der Waals surface area contributed by atoms with Crippen LogP contribution in [0.3, 0.4) is 0 Å². The third kappa shape index (κ3) is 4.51. The van der Waals surface area contributed by atoms with Crippen LogP contribution in [-0.2, 0) is 19.5 Å².